The van der Waals surface area contributed by atoms with Gasteiger partial charge in [0, 0.05) is 30.1 Å². The number of pyridine rings is 2. The van der Waals surface area contributed by atoms with E-state index in [1.165, 1.54) is 6.07 Å². The van der Waals surface area contributed by atoms with Gasteiger partial charge in [-0.2, -0.15) is 0 Å². The van der Waals surface area contributed by atoms with Crippen LogP contribution in [0.25, 0.3) is 21.5 Å². The molecule has 0 radical (unpaired) electrons. The third-order valence-corrected chi connectivity index (χ3v) is 3.00. The predicted octanol–water partition coefficient (Wildman–Crippen LogP) is 2.35. The van der Waals surface area contributed by atoms with Crippen molar-refractivity contribution in [3.8, 4) is 5.75 Å². The van der Waals surface area contributed by atoms with Gasteiger partial charge in [0.05, 0.1) is 24.3 Å². The molecule has 0 saturated carbocycles. The van der Waals surface area contributed by atoms with Crippen LogP contribution in [0.15, 0.2) is 34.3 Å². The first kappa shape index (κ1) is 13.9. The maximum absolute atomic E-state index is 12.0. The van der Waals surface area contributed by atoms with Crippen LogP contribution < -0.4 is 10.3 Å². The number of hydrogen-bond donors (Lipinski definition) is 0. The Morgan fingerprint density at radius 2 is 2.35 bits per heavy atom. The summed E-state index contributed by atoms with van der Waals surface area (Å²) in [4.78, 5) is 19.0. The number of azide groups is 1. The van der Waals surface area contributed by atoms with E-state index in [4.69, 9.17) is 10.3 Å². The quantitative estimate of drug-likeness (QED) is 0.475. The van der Waals surface area contributed by atoms with Gasteiger partial charge >= 0.3 is 0 Å². The average molecular weight is 273 g/mol. The van der Waals surface area contributed by atoms with Crippen LogP contribution in [0.1, 0.15) is 6.92 Å². The van der Waals surface area contributed by atoms with Crippen molar-refractivity contribution in [2.75, 3.05) is 13.7 Å². The highest BCUT2D eigenvalue weighted by Crippen LogP contribution is 2.17. The molecule has 7 nitrogen and oxygen atoms in total. The summed E-state index contributed by atoms with van der Waals surface area (Å²) in [5.41, 5.74) is 9.66. The van der Waals surface area contributed by atoms with Gasteiger partial charge in [0.15, 0.2) is 0 Å². The van der Waals surface area contributed by atoms with Crippen molar-refractivity contribution in [1.82, 2.24) is 9.55 Å². The van der Waals surface area contributed by atoms with Crippen LogP contribution in [-0.4, -0.2) is 23.2 Å². The zero-order valence-electron chi connectivity index (χ0n) is 11.4. The summed E-state index contributed by atoms with van der Waals surface area (Å²) in [6.45, 7) is 2.73. The van der Waals surface area contributed by atoms with Gasteiger partial charge < -0.3 is 9.30 Å². The van der Waals surface area contributed by atoms with E-state index >= 15 is 0 Å². The van der Waals surface area contributed by atoms with Crippen LogP contribution in [0.3, 0.4) is 0 Å². The van der Waals surface area contributed by atoms with Crippen LogP contribution in [0.2, 0.25) is 0 Å². The Balaban J connectivity index is 2.46. The van der Waals surface area contributed by atoms with Gasteiger partial charge in [-0.05, 0) is 17.5 Å². The maximum atomic E-state index is 12.0. The van der Waals surface area contributed by atoms with E-state index in [0.717, 1.165) is 5.52 Å². The zero-order chi connectivity index (χ0) is 14.5. The third kappa shape index (κ3) is 2.89. The summed E-state index contributed by atoms with van der Waals surface area (Å²) < 4.78 is 6.77. The molecule has 2 aromatic heterocycles. The lowest BCUT2D eigenvalue weighted by Crippen LogP contribution is -2.23. The van der Waals surface area contributed by atoms with Crippen molar-refractivity contribution >= 4 is 11.0 Å². The number of nitrogens with zero attached hydrogens (tertiary/aromatic N) is 5. The Morgan fingerprint density at radius 1 is 1.55 bits per heavy atom. The SMILES string of the molecule is COc1cnc2ccc(=O)n(CC(C)CN=[N+]=[N-])c2c1. The maximum Gasteiger partial charge on any atom is 0.251 e. The van der Waals surface area contributed by atoms with Gasteiger partial charge in [0.2, 0.25) is 0 Å². The molecule has 0 aromatic carbocycles. The van der Waals surface area contributed by atoms with Crippen molar-refractivity contribution in [1.29, 1.82) is 0 Å². The number of aromatic nitrogens is 2. The Hall–Kier alpha value is -2.53. The minimum Gasteiger partial charge on any atom is -0.495 e. The molecule has 0 N–H and O–H groups in total. The Labute approximate surface area is 115 Å². The highest BCUT2D eigenvalue weighted by atomic mass is 16.5. The van der Waals surface area contributed by atoms with Crippen LogP contribution in [0.4, 0.5) is 0 Å². The molecule has 0 aliphatic rings. The molecule has 0 spiro atoms. The number of fused-ring (bicyclic) bond motifs is 1. The molecule has 2 heterocycles. The molecule has 7 heteroatoms. The van der Waals surface area contributed by atoms with Crippen LogP contribution in [0.5, 0.6) is 5.75 Å². The highest BCUT2D eigenvalue weighted by molar-refractivity contribution is 5.75. The molecule has 0 aliphatic heterocycles. The fraction of sp³-hybridized carbons (Fsp3) is 0.385. The molecule has 0 bridgehead atoms. The zero-order valence-corrected chi connectivity index (χ0v) is 11.4. The predicted molar refractivity (Wildman–Crippen MR) is 75.7 cm³/mol. The smallest absolute Gasteiger partial charge is 0.251 e. The summed E-state index contributed by atoms with van der Waals surface area (Å²) >= 11 is 0. The van der Waals surface area contributed by atoms with Crippen molar-refractivity contribution in [3.05, 3.63) is 45.2 Å². The van der Waals surface area contributed by atoms with Crippen molar-refractivity contribution in [3.63, 3.8) is 0 Å². The normalized spacial score (nSPS) is 11.9. The van der Waals surface area contributed by atoms with Crippen LogP contribution in [-0.2, 0) is 6.54 Å². The second-order valence-corrected chi connectivity index (χ2v) is 4.58. The summed E-state index contributed by atoms with van der Waals surface area (Å²) in [6, 6.07) is 4.96. The second kappa shape index (κ2) is 6.08. The Morgan fingerprint density at radius 3 is 3.05 bits per heavy atom. The van der Waals surface area contributed by atoms with E-state index in [-0.39, 0.29) is 11.5 Å². The molecule has 1 atom stereocenters. The summed E-state index contributed by atoms with van der Waals surface area (Å²) in [5, 5.41) is 3.54. The molecule has 0 aliphatic carbocycles. The summed E-state index contributed by atoms with van der Waals surface area (Å²) in [6.07, 6.45) is 1.61. The van der Waals surface area contributed by atoms with Crippen molar-refractivity contribution in [2.24, 2.45) is 11.0 Å². The van der Waals surface area contributed by atoms with E-state index in [0.29, 0.717) is 24.4 Å². The Kier molecular flexibility index (Phi) is 4.22. The van der Waals surface area contributed by atoms with E-state index < -0.39 is 0 Å². The van der Waals surface area contributed by atoms with Crippen molar-refractivity contribution in [2.45, 2.75) is 13.5 Å². The number of hydrogen-bond acceptors (Lipinski definition) is 4. The second-order valence-electron chi connectivity index (χ2n) is 4.58. The molecule has 1 unspecified atom stereocenters. The lowest BCUT2D eigenvalue weighted by atomic mass is 10.1. The van der Waals surface area contributed by atoms with Gasteiger partial charge in [0.25, 0.3) is 5.56 Å². The molecule has 0 amide bonds. The molecule has 2 rings (SSSR count). The first-order valence-corrected chi connectivity index (χ1v) is 6.20. The summed E-state index contributed by atoms with van der Waals surface area (Å²) in [5.74, 6) is 0.653. The Bertz CT molecular complexity index is 718. The number of methoxy groups -OCH3 is 1. The molecule has 0 saturated heterocycles. The lowest BCUT2D eigenvalue weighted by molar-refractivity contribution is 0.413. The van der Waals surface area contributed by atoms with E-state index in [1.807, 2.05) is 6.92 Å². The van der Waals surface area contributed by atoms with Crippen molar-refractivity contribution < 1.29 is 4.74 Å². The molecule has 2 aromatic rings. The molecular formula is C13H15N5O2. The first-order chi connectivity index (χ1) is 9.65. The van der Waals surface area contributed by atoms with Crippen LogP contribution >= 0.6 is 0 Å². The van der Waals surface area contributed by atoms with Crippen LogP contribution in [0, 0.1) is 5.92 Å². The molecule has 0 fully saturated rings. The lowest BCUT2D eigenvalue weighted by Gasteiger charge is -2.14. The standard InChI is InChI=1S/C13H15N5O2/c1-9(6-16-17-14)8-18-12-5-10(20-2)7-15-11(12)3-4-13(18)19/h3-5,7,9H,6,8H2,1-2H3. The minimum absolute atomic E-state index is 0.0559. The molecular weight excluding hydrogens is 258 g/mol. The fourth-order valence-electron chi connectivity index (χ4n) is 1.99. The van der Waals surface area contributed by atoms with Gasteiger partial charge in [-0.15, -0.1) is 0 Å². The van der Waals surface area contributed by atoms with E-state index in [1.54, 1.807) is 30.0 Å². The van der Waals surface area contributed by atoms with Gasteiger partial charge in [-0.25, -0.2) is 0 Å². The fourth-order valence-corrected chi connectivity index (χ4v) is 1.99. The highest BCUT2D eigenvalue weighted by Gasteiger charge is 2.09. The third-order valence-electron chi connectivity index (χ3n) is 3.00. The van der Waals surface area contributed by atoms with Gasteiger partial charge in [0.1, 0.15) is 5.75 Å². The van der Waals surface area contributed by atoms with E-state index in [9.17, 15) is 4.79 Å². The topological polar surface area (TPSA) is 92.9 Å². The van der Waals surface area contributed by atoms with E-state index in [2.05, 4.69) is 15.0 Å². The first-order valence-electron chi connectivity index (χ1n) is 6.20. The molecule has 104 valence electrons. The minimum atomic E-state index is -0.111. The number of ether oxygens (including phenoxy) is 1. The summed E-state index contributed by atoms with van der Waals surface area (Å²) in [7, 11) is 1.55. The van der Waals surface area contributed by atoms with Gasteiger partial charge in [-0.1, -0.05) is 12.0 Å². The monoisotopic (exact) mass is 273 g/mol. The largest absolute Gasteiger partial charge is 0.495 e. The van der Waals surface area contributed by atoms with Gasteiger partial charge in [-0.3, -0.25) is 9.78 Å². The molecule has 20 heavy (non-hydrogen) atoms. The number of rotatable bonds is 5. The average Bonchev–Trinajstić information content (AvgIpc) is 2.47.